The van der Waals surface area contributed by atoms with E-state index in [1.807, 2.05) is 31.2 Å². The lowest BCUT2D eigenvalue weighted by molar-refractivity contribution is -0.660. The molecular weight excluding hydrogens is 230 g/mol. The van der Waals surface area contributed by atoms with E-state index in [1.165, 1.54) is 6.20 Å². The van der Waals surface area contributed by atoms with Crippen LogP contribution < -0.4 is 4.57 Å². The fourth-order valence-corrected chi connectivity index (χ4v) is 2.29. The van der Waals surface area contributed by atoms with Gasteiger partial charge in [0.05, 0.1) is 0 Å². The molecule has 2 rings (SSSR count). The summed E-state index contributed by atoms with van der Waals surface area (Å²) in [5, 5.41) is 0. The molecule has 0 atom stereocenters. The predicted octanol–water partition coefficient (Wildman–Crippen LogP) is 4.17. The Balaban J connectivity index is 2.82. The molecule has 0 aliphatic carbocycles. The quantitative estimate of drug-likeness (QED) is 0.729. The van der Waals surface area contributed by atoms with Gasteiger partial charge in [-0.05, 0) is 36.4 Å². The van der Waals surface area contributed by atoms with E-state index in [0.717, 1.165) is 16.8 Å². The molecule has 0 radical (unpaired) electrons. The SMILES string of the molecule is [2H]C(C)(C)c1cc(-c2ccccc2C)[n+](C)cc1C([2H])([2H])C([2H])([2H])[2H]. The average Bonchev–Trinajstić information content (AvgIpc) is 2.45. The number of rotatable bonds is 3. The highest BCUT2D eigenvalue weighted by Crippen LogP contribution is 2.26. The van der Waals surface area contributed by atoms with Crippen molar-refractivity contribution in [1.29, 1.82) is 0 Å². The van der Waals surface area contributed by atoms with Gasteiger partial charge in [-0.15, -0.1) is 0 Å². The van der Waals surface area contributed by atoms with Gasteiger partial charge in [-0.2, -0.15) is 0 Å². The normalized spacial score (nSPS) is 17.7. The second-order valence-corrected chi connectivity index (χ2v) is 5.04. The van der Waals surface area contributed by atoms with E-state index >= 15 is 0 Å². The molecule has 0 saturated heterocycles. The Hall–Kier alpha value is -1.63. The minimum atomic E-state index is -2.82. The second-order valence-electron chi connectivity index (χ2n) is 5.04. The largest absolute Gasteiger partial charge is 0.212 e. The molecular formula is C18H24N+. The van der Waals surface area contributed by atoms with E-state index in [4.69, 9.17) is 8.22 Å². The molecule has 19 heavy (non-hydrogen) atoms. The van der Waals surface area contributed by atoms with Crippen LogP contribution in [-0.4, -0.2) is 0 Å². The third-order valence-corrected chi connectivity index (χ3v) is 3.37. The maximum absolute atomic E-state index is 8.42. The van der Waals surface area contributed by atoms with Crippen molar-refractivity contribution in [3.63, 3.8) is 0 Å². The van der Waals surface area contributed by atoms with Crippen LogP contribution >= 0.6 is 0 Å². The van der Waals surface area contributed by atoms with Crippen LogP contribution in [0.5, 0.6) is 0 Å². The zero-order chi connectivity index (χ0) is 19.2. The van der Waals surface area contributed by atoms with Crippen molar-refractivity contribution in [2.45, 2.75) is 39.9 Å². The Kier molecular flexibility index (Phi) is 2.29. The summed E-state index contributed by atoms with van der Waals surface area (Å²) in [4.78, 5) is 0. The van der Waals surface area contributed by atoms with Gasteiger partial charge in [0.25, 0.3) is 0 Å². The summed E-state index contributed by atoms with van der Waals surface area (Å²) in [5.41, 5.74) is 3.26. The van der Waals surface area contributed by atoms with E-state index in [0.29, 0.717) is 5.56 Å². The highest BCUT2D eigenvalue weighted by Gasteiger charge is 2.17. The Bertz CT molecular complexity index is 787. The molecule has 1 nitrogen and oxygen atoms in total. The topological polar surface area (TPSA) is 3.88 Å². The van der Waals surface area contributed by atoms with E-state index in [9.17, 15) is 0 Å². The second kappa shape index (κ2) is 5.56. The smallest absolute Gasteiger partial charge is 0.201 e. The monoisotopic (exact) mass is 260 g/mol. The van der Waals surface area contributed by atoms with Crippen LogP contribution in [-0.2, 0) is 13.4 Å². The Morgan fingerprint density at radius 3 is 2.74 bits per heavy atom. The standard InChI is InChI=1S/C18H24N/c1-6-15-12-19(5)18(11-17(15)13(2)3)16-10-8-7-9-14(16)4/h7-13H,6H2,1-5H3/q+1/i1D3,6D2,13D. The fraction of sp³-hybridized carbons (Fsp3) is 0.389. The summed E-state index contributed by atoms with van der Waals surface area (Å²) in [6.07, 6.45) is -1.03. The van der Waals surface area contributed by atoms with Gasteiger partial charge in [0.15, 0.2) is 6.20 Å². The van der Waals surface area contributed by atoms with Crippen LogP contribution in [0.4, 0.5) is 0 Å². The molecule has 0 bridgehead atoms. The highest BCUT2D eigenvalue weighted by atomic mass is 14.9. The maximum Gasteiger partial charge on any atom is 0.212 e. The first-order valence-electron chi connectivity index (χ1n) is 9.37. The lowest BCUT2D eigenvalue weighted by Gasteiger charge is -2.13. The molecule has 1 aromatic heterocycles. The summed E-state index contributed by atoms with van der Waals surface area (Å²) >= 11 is 0. The molecule has 100 valence electrons. The first kappa shape index (κ1) is 7.84. The molecule has 0 N–H and O–H groups in total. The summed E-state index contributed by atoms with van der Waals surface area (Å²) in [7, 11) is 1.77. The number of aromatic nitrogens is 1. The Morgan fingerprint density at radius 1 is 1.37 bits per heavy atom. The van der Waals surface area contributed by atoms with E-state index in [2.05, 4.69) is 0 Å². The number of aryl methyl sites for hydroxylation is 3. The third kappa shape index (κ3) is 2.70. The minimum absolute atomic E-state index is 0.0346. The lowest BCUT2D eigenvalue weighted by Crippen LogP contribution is -2.32. The van der Waals surface area contributed by atoms with Crippen LogP contribution in [0.25, 0.3) is 11.3 Å². The van der Waals surface area contributed by atoms with E-state index in [-0.39, 0.29) is 5.56 Å². The molecule has 1 heteroatoms. The minimum Gasteiger partial charge on any atom is -0.201 e. The molecule has 0 unspecified atom stereocenters. The van der Waals surface area contributed by atoms with E-state index in [1.54, 1.807) is 31.5 Å². The van der Waals surface area contributed by atoms with Gasteiger partial charge in [0.1, 0.15) is 7.05 Å². The van der Waals surface area contributed by atoms with E-state index < -0.39 is 19.1 Å². The van der Waals surface area contributed by atoms with Crippen LogP contribution in [0.1, 0.15) is 51.5 Å². The molecule has 0 aliphatic heterocycles. The summed E-state index contributed by atoms with van der Waals surface area (Å²) in [5.74, 6) is -1.14. The van der Waals surface area contributed by atoms with Crippen LogP contribution in [0.2, 0.25) is 0 Å². The maximum atomic E-state index is 8.42. The average molecular weight is 260 g/mol. The van der Waals surface area contributed by atoms with Gasteiger partial charge >= 0.3 is 0 Å². The first-order valence-corrected chi connectivity index (χ1v) is 6.37. The molecule has 0 fully saturated rings. The van der Waals surface area contributed by atoms with Crippen molar-refractivity contribution in [2.24, 2.45) is 7.05 Å². The fourth-order valence-electron chi connectivity index (χ4n) is 2.29. The van der Waals surface area contributed by atoms with Gasteiger partial charge in [0.2, 0.25) is 5.69 Å². The highest BCUT2D eigenvalue weighted by molar-refractivity contribution is 5.61. The Labute approximate surface area is 125 Å². The van der Waals surface area contributed by atoms with Crippen molar-refractivity contribution in [3.8, 4) is 11.3 Å². The van der Waals surface area contributed by atoms with Crippen molar-refractivity contribution >= 4 is 0 Å². The van der Waals surface area contributed by atoms with Crippen molar-refractivity contribution in [3.05, 3.63) is 53.2 Å². The zero-order valence-electron chi connectivity index (χ0n) is 17.9. The van der Waals surface area contributed by atoms with Crippen LogP contribution in [0.3, 0.4) is 0 Å². The molecule has 1 heterocycles. The number of hydrogen-bond acceptors (Lipinski definition) is 0. The van der Waals surface area contributed by atoms with Crippen molar-refractivity contribution < 1.29 is 12.8 Å². The Morgan fingerprint density at radius 2 is 2.11 bits per heavy atom. The summed E-state index contributed by atoms with van der Waals surface area (Å²) in [6, 6.07) is 9.55. The zero-order valence-corrected chi connectivity index (χ0v) is 11.9. The summed E-state index contributed by atoms with van der Waals surface area (Å²) < 4.78 is 49.2. The molecule has 1 aromatic carbocycles. The predicted molar refractivity (Wildman–Crippen MR) is 81.3 cm³/mol. The van der Waals surface area contributed by atoms with Gasteiger partial charge in [-0.25, -0.2) is 4.57 Å². The lowest BCUT2D eigenvalue weighted by atomic mass is 9.94. The third-order valence-electron chi connectivity index (χ3n) is 3.37. The number of hydrogen-bond donors (Lipinski definition) is 0. The van der Waals surface area contributed by atoms with Gasteiger partial charge in [0, 0.05) is 25.4 Å². The number of nitrogens with zero attached hydrogens (tertiary/aromatic N) is 1. The van der Waals surface area contributed by atoms with Gasteiger partial charge in [-0.1, -0.05) is 38.9 Å². The molecule has 2 aromatic rings. The molecule has 0 aliphatic rings. The number of benzene rings is 1. The van der Waals surface area contributed by atoms with Crippen LogP contribution in [0.15, 0.2) is 36.5 Å². The van der Waals surface area contributed by atoms with Gasteiger partial charge in [-0.3, -0.25) is 0 Å². The van der Waals surface area contributed by atoms with Crippen LogP contribution in [0, 0.1) is 6.92 Å². The first-order chi connectivity index (χ1) is 11.3. The molecule has 0 spiro atoms. The van der Waals surface area contributed by atoms with Gasteiger partial charge < -0.3 is 0 Å². The molecule has 0 saturated carbocycles. The van der Waals surface area contributed by atoms with Crippen molar-refractivity contribution in [1.82, 2.24) is 0 Å². The summed E-state index contributed by atoms with van der Waals surface area (Å²) in [6.45, 7) is 2.45. The number of pyridine rings is 1. The molecule has 0 amide bonds. The van der Waals surface area contributed by atoms with Crippen molar-refractivity contribution in [2.75, 3.05) is 0 Å².